The first kappa shape index (κ1) is 23.7. The number of rotatable bonds is 18. The Labute approximate surface area is 168 Å². The fraction of sp³-hybridized carbons (Fsp3) is 0.750. The average Bonchev–Trinajstić information content (AvgIpc) is 2.63. The fourth-order valence-electron chi connectivity index (χ4n) is 3.57. The van der Waals surface area contributed by atoms with E-state index >= 15 is 0 Å². The molecule has 4 N–H and O–H groups in total. The summed E-state index contributed by atoms with van der Waals surface area (Å²) in [4.78, 5) is 0. The number of hydrogen-bond donors (Lipinski definition) is 2. The molecule has 0 aliphatic carbocycles. The topological polar surface area (TPSA) is 61.3 Å². The van der Waals surface area contributed by atoms with Gasteiger partial charge in [0, 0.05) is 23.5 Å². The number of unbranched alkanes of at least 4 members (excludes halogenated alkanes) is 15. The fourth-order valence-corrected chi connectivity index (χ4v) is 3.57. The molecule has 3 nitrogen and oxygen atoms in total. The van der Waals surface area contributed by atoms with Gasteiger partial charge in [-0.2, -0.15) is 0 Å². The zero-order valence-electron chi connectivity index (χ0n) is 17.8. The monoisotopic (exact) mass is 376 g/mol. The van der Waals surface area contributed by atoms with Gasteiger partial charge in [-0.3, -0.25) is 0 Å². The van der Waals surface area contributed by atoms with Gasteiger partial charge in [-0.05, 0) is 12.5 Å². The van der Waals surface area contributed by atoms with Gasteiger partial charge in [-0.25, -0.2) is 0 Å². The Morgan fingerprint density at radius 1 is 0.556 bits per heavy atom. The smallest absolute Gasteiger partial charge is 0.123 e. The van der Waals surface area contributed by atoms with E-state index in [4.69, 9.17) is 16.2 Å². The molecule has 156 valence electrons. The van der Waals surface area contributed by atoms with Crippen LogP contribution in [-0.2, 0) is 0 Å². The molecular formula is C24H44N2O. The summed E-state index contributed by atoms with van der Waals surface area (Å²) < 4.78 is 5.73. The van der Waals surface area contributed by atoms with Crippen LogP contribution in [0.5, 0.6) is 5.75 Å². The van der Waals surface area contributed by atoms with Gasteiger partial charge in [0.05, 0.1) is 6.61 Å². The Kier molecular flexibility index (Phi) is 14.7. The van der Waals surface area contributed by atoms with Crippen molar-refractivity contribution in [2.75, 3.05) is 18.1 Å². The van der Waals surface area contributed by atoms with E-state index in [0.29, 0.717) is 11.4 Å². The SMILES string of the molecule is CCCCCCCCCCCCCCCCCCOc1cc(N)cc(N)c1. The van der Waals surface area contributed by atoms with Gasteiger partial charge >= 0.3 is 0 Å². The number of nitrogen functional groups attached to an aromatic ring is 2. The van der Waals surface area contributed by atoms with Crippen molar-refractivity contribution in [2.45, 2.75) is 110 Å². The lowest BCUT2D eigenvalue weighted by atomic mass is 10.0. The van der Waals surface area contributed by atoms with Crippen LogP contribution in [0.1, 0.15) is 110 Å². The average molecular weight is 377 g/mol. The minimum absolute atomic E-state index is 0.664. The highest BCUT2D eigenvalue weighted by molar-refractivity contribution is 5.56. The van der Waals surface area contributed by atoms with E-state index in [-0.39, 0.29) is 0 Å². The van der Waals surface area contributed by atoms with E-state index in [0.717, 1.165) is 18.8 Å². The van der Waals surface area contributed by atoms with Crippen LogP contribution in [0.3, 0.4) is 0 Å². The maximum absolute atomic E-state index is 5.77. The minimum atomic E-state index is 0.664. The van der Waals surface area contributed by atoms with Crippen molar-refractivity contribution >= 4 is 11.4 Å². The van der Waals surface area contributed by atoms with Gasteiger partial charge in [-0.15, -0.1) is 0 Å². The van der Waals surface area contributed by atoms with Gasteiger partial charge in [0.2, 0.25) is 0 Å². The maximum atomic E-state index is 5.77. The standard InChI is InChI=1S/C24H44N2O/c1-2-3-4-5-6-7-8-9-10-11-12-13-14-15-16-17-18-27-24-20-22(25)19-23(26)21-24/h19-21H,2-18,25-26H2,1H3. The molecule has 1 rings (SSSR count). The third kappa shape index (κ3) is 14.4. The van der Waals surface area contributed by atoms with E-state index in [9.17, 15) is 0 Å². The van der Waals surface area contributed by atoms with Crippen LogP contribution in [0.4, 0.5) is 11.4 Å². The third-order valence-electron chi connectivity index (χ3n) is 5.22. The van der Waals surface area contributed by atoms with Gasteiger partial charge in [0.1, 0.15) is 5.75 Å². The lowest BCUT2D eigenvalue weighted by Crippen LogP contribution is -1.99. The molecule has 0 aliphatic rings. The second-order valence-corrected chi connectivity index (χ2v) is 7.99. The summed E-state index contributed by atoms with van der Waals surface area (Å²) in [6, 6.07) is 5.42. The van der Waals surface area contributed by atoms with Crippen molar-refractivity contribution < 1.29 is 4.74 Å². The summed E-state index contributed by atoms with van der Waals surface area (Å²) in [5.41, 5.74) is 12.9. The van der Waals surface area contributed by atoms with Gasteiger partial charge in [-0.1, -0.05) is 103 Å². The van der Waals surface area contributed by atoms with E-state index < -0.39 is 0 Å². The molecule has 0 bridgehead atoms. The Morgan fingerprint density at radius 2 is 0.926 bits per heavy atom. The largest absolute Gasteiger partial charge is 0.493 e. The summed E-state index contributed by atoms with van der Waals surface area (Å²) in [7, 11) is 0. The van der Waals surface area contributed by atoms with Gasteiger partial charge in [0.25, 0.3) is 0 Å². The number of benzene rings is 1. The number of anilines is 2. The van der Waals surface area contributed by atoms with Gasteiger partial charge < -0.3 is 16.2 Å². The lowest BCUT2D eigenvalue weighted by molar-refractivity contribution is 0.304. The summed E-state index contributed by atoms with van der Waals surface area (Å²) >= 11 is 0. The van der Waals surface area contributed by atoms with Crippen molar-refractivity contribution in [2.24, 2.45) is 0 Å². The molecule has 0 spiro atoms. The zero-order valence-corrected chi connectivity index (χ0v) is 17.8. The molecule has 3 heteroatoms. The van der Waals surface area contributed by atoms with Crippen LogP contribution in [-0.4, -0.2) is 6.61 Å². The normalized spacial score (nSPS) is 11.0. The Balaban J connectivity index is 1.78. The zero-order chi connectivity index (χ0) is 19.6. The highest BCUT2D eigenvalue weighted by Crippen LogP contribution is 2.20. The van der Waals surface area contributed by atoms with Crippen molar-refractivity contribution in [1.29, 1.82) is 0 Å². The molecule has 27 heavy (non-hydrogen) atoms. The molecule has 0 aromatic heterocycles. The van der Waals surface area contributed by atoms with Crippen LogP contribution in [0.25, 0.3) is 0 Å². The maximum Gasteiger partial charge on any atom is 0.123 e. The summed E-state index contributed by atoms with van der Waals surface area (Å²) in [5.74, 6) is 0.786. The molecule has 0 unspecified atom stereocenters. The Hall–Kier alpha value is -1.38. The van der Waals surface area contributed by atoms with Crippen LogP contribution < -0.4 is 16.2 Å². The number of nitrogens with two attached hydrogens (primary N) is 2. The van der Waals surface area contributed by atoms with Crippen LogP contribution in [0, 0.1) is 0 Å². The van der Waals surface area contributed by atoms with Crippen molar-refractivity contribution in [1.82, 2.24) is 0 Å². The van der Waals surface area contributed by atoms with Crippen molar-refractivity contribution in [3.05, 3.63) is 18.2 Å². The quantitative estimate of drug-likeness (QED) is 0.206. The molecule has 1 aromatic carbocycles. The first-order valence-corrected chi connectivity index (χ1v) is 11.5. The second-order valence-electron chi connectivity index (χ2n) is 7.99. The molecule has 0 heterocycles. The molecule has 0 saturated heterocycles. The Morgan fingerprint density at radius 3 is 1.33 bits per heavy atom. The van der Waals surface area contributed by atoms with E-state index in [1.807, 2.05) is 12.1 Å². The molecular weight excluding hydrogens is 332 g/mol. The third-order valence-corrected chi connectivity index (χ3v) is 5.22. The predicted molar refractivity (Wildman–Crippen MR) is 120 cm³/mol. The van der Waals surface area contributed by atoms with Crippen LogP contribution >= 0.6 is 0 Å². The molecule has 0 atom stereocenters. The highest BCUT2D eigenvalue weighted by Gasteiger charge is 1.98. The van der Waals surface area contributed by atoms with Crippen molar-refractivity contribution in [3.63, 3.8) is 0 Å². The predicted octanol–water partition coefficient (Wildman–Crippen LogP) is 7.49. The summed E-state index contributed by atoms with van der Waals surface area (Å²) in [6.07, 6.45) is 22.2. The minimum Gasteiger partial charge on any atom is -0.493 e. The molecule has 0 fully saturated rings. The highest BCUT2D eigenvalue weighted by atomic mass is 16.5. The summed E-state index contributed by atoms with van der Waals surface area (Å²) in [6.45, 7) is 3.04. The first-order chi connectivity index (χ1) is 13.2. The van der Waals surface area contributed by atoms with Crippen LogP contribution in [0.15, 0.2) is 18.2 Å². The van der Waals surface area contributed by atoms with Crippen LogP contribution in [0.2, 0.25) is 0 Å². The van der Waals surface area contributed by atoms with E-state index in [1.165, 1.54) is 96.3 Å². The molecule has 0 amide bonds. The number of ether oxygens (including phenoxy) is 1. The first-order valence-electron chi connectivity index (χ1n) is 11.5. The van der Waals surface area contributed by atoms with E-state index in [2.05, 4.69) is 6.92 Å². The summed E-state index contributed by atoms with van der Waals surface area (Å²) in [5, 5.41) is 0. The molecule has 0 aliphatic heterocycles. The second kappa shape index (κ2) is 16.8. The lowest BCUT2D eigenvalue weighted by Gasteiger charge is -2.08. The van der Waals surface area contributed by atoms with Gasteiger partial charge in [0.15, 0.2) is 0 Å². The van der Waals surface area contributed by atoms with Crippen molar-refractivity contribution in [3.8, 4) is 5.75 Å². The molecule has 1 aromatic rings. The van der Waals surface area contributed by atoms with E-state index in [1.54, 1.807) is 6.07 Å². The molecule has 0 saturated carbocycles. The molecule has 0 radical (unpaired) electrons. The Bertz CT molecular complexity index is 441. The number of hydrogen-bond acceptors (Lipinski definition) is 3.